The first-order valence-corrected chi connectivity index (χ1v) is 7.58. The summed E-state index contributed by atoms with van der Waals surface area (Å²) in [5, 5.41) is 11.9. The Morgan fingerprint density at radius 1 is 1.18 bits per heavy atom. The predicted molar refractivity (Wildman–Crippen MR) is 81.5 cm³/mol. The van der Waals surface area contributed by atoms with Gasteiger partial charge in [0.2, 0.25) is 0 Å². The highest BCUT2D eigenvalue weighted by atomic mass is 16.5. The summed E-state index contributed by atoms with van der Waals surface area (Å²) in [4.78, 5) is 24.9. The second-order valence-corrected chi connectivity index (χ2v) is 5.39. The first kappa shape index (κ1) is 16.3. The lowest BCUT2D eigenvalue weighted by Gasteiger charge is -2.31. The van der Waals surface area contributed by atoms with Crippen LogP contribution in [0.3, 0.4) is 0 Å². The van der Waals surface area contributed by atoms with Crippen molar-refractivity contribution in [3.63, 3.8) is 0 Å². The van der Waals surface area contributed by atoms with Crippen LogP contribution in [-0.4, -0.2) is 47.7 Å². The molecule has 0 spiro atoms. The average Bonchev–Trinajstić information content (AvgIpc) is 2.55. The van der Waals surface area contributed by atoms with Crippen LogP contribution in [0.1, 0.15) is 24.8 Å². The number of ether oxygens (including phenoxy) is 1. The molecule has 120 valence electrons. The number of nitrogens with zero attached hydrogens (tertiary/aromatic N) is 1. The van der Waals surface area contributed by atoms with Crippen molar-refractivity contribution in [3.8, 4) is 0 Å². The zero-order valence-corrected chi connectivity index (χ0v) is 12.5. The molecular weight excluding hydrogens is 284 g/mol. The van der Waals surface area contributed by atoms with Gasteiger partial charge in [-0.2, -0.15) is 0 Å². The molecule has 0 aromatic heterocycles. The molecule has 6 heteroatoms. The van der Waals surface area contributed by atoms with E-state index in [1.54, 1.807) is 0 Å². The van der Waals surface area contributed by atoms with Gasteiger partial charge in [0.15, 0.2) is 0 Å². The Bertz CT molecular complexity index is 486. The highest BCUT2D eigenvalue weighted by Crippen LogP contribution is 2.12. The van der Waals surface area contributed by atoms with Crippen molar-refractivity contribution in [2.75, 3.05) is 19.6 Å². The van der Waals surface area contributed by atoms with E-state index in [2.05, 4.69) is 5.32 Å². The fourth-order valence-electron chi connectivity index (χ4n) is 2.56. The number of aliphatic carboxylic acids is 1. The van der Waals surface area contributed by atoms with Gasteiger partial charge < -0.3 is 15.2 Å². The first-order valence-electron chi connectivity index (χ1n) is 7.58. The van der Waals surface area contributed by atoms with Crippen LogP contribution in [-0.2, 0) is 16.1 Å². The largest absolute Gasteiger partial charge is 0.480 e. The minimum Gasteiger partial charge on any atom is -0.480 e. The number of rotatable bonds is 6. The smallest absolute Gasteiger partial charge is 0.407 e. The minimum absolute atomic E-state index is 0.0585. The number of alkyl carbamates (subject to hydrolysis) is 1. The van der Waals surface area contributed by atoms with Crippen LogP contribution in [0.15, 0.2) is 30.3 Å². The molecule has 0 aliphatic carbocycles. The molecule has 0 saturated carbocycles. The quantitative estimate of drug-likeness (QED) is 0.838. The average molecular weight is 306 g/mol. The number of carboxylic acid groups (broad SMARTS) is 1. The van der Waals surface area contributed by atoms with Gasteiger partial charge in [-0.1, -0.05) is 36.8 Å². The van der Waals surface area contributed by atoms with Crippen molar-refractivity contribution in [1.29, 1.82) is 0 Å². The topological polar surface area (TPSA) is 78.9 Å². The van der Waals surface area contributed by atoms with Crippen LogP contribution in [0.4, 0.5) is 4.79 Å². The number of carbonyl (C=O) groups excluding carboxylic acids is 1. The van der Waals surface area contributed by atoms with Gasteiger partial charge in [-0.15, -0.1) is 0 Å². The number of benzene rings is 1. The van der Waals surface area contributed by atoms with Crippen LogP contribution >= 0.6 is 0 Å². The molecule has 1 aliphatic rings. The van der Waals surface area contributed by atoms with Gasteiger partial charge in [-0.05, 0) is 31.5 Å². The molecule has 1 aliphatic heterocycles. The summed E-state index contributed by atoms with van der Waals surface area (Å²) >= 11 is 0. The highest BCUT2D eigenvalue weighted by Gasteiger charge is 2.27. The Balaban J connectivity index is 1.76. The summed E-state index contributed by atoms with van der Waals surface area (Å²) in [6, 6.07) is 8.66. The minimum atomic E-state index is -0.912. The molecule has 1 amide bonds. The molecule has 6 nitrogen and oxygen atoms in total. The third-order valence-electron chi connectivity index (χ3n) is 3.77. The molecule has 1 aromatic rings. The van der Waals surface area contributed by atoms with Gasteiger partial charge in [-0.25, -0.2) is 4.79 Å². The Morgan fingerprint density at radius 2 is 1.86 bits per heavy atom. The number of likely N-dealkylation sites (tertiary alicyclic amines) is 1. The molecule has 2 N–H and O–H groups in total. The van der Waals surface area contributed by atoms with Crippen molar-refractivity contribution in [1.82, 2.24) is 10.2 Å². The van der Waals surface area contributed by atoms with Gasteiger partial charge in [0, 0.05) is 6.54 Å². The number of hydrogen-bond donors (Lipinski definition) is 2. The molecule has 0 bridgehead atoms. The van der Waals surface area contributed by atoms with E-state index >= 15 is 0 Å². The summed E-state index contributed by atoms with van der Waals surface area (Å²) in [5.74, 6) is -0.912. The maximum atomic E-state index is 11.7. The fraction of sp³-hybridized carbons (Fsp3) is 0.500. The number of amides is 1. The van der Waals surface area contributed by atoms with E-state index in [0.717, 1.165) is 37.9 Å². The van der Waals surface area contributed by atoms with Gasteiger partial charge in [0.25, 0.3) is 0 Å². The van der Waals surface area contributed by atoms with Gasteiger partial charge in [0.05, 0.1) is 0 Å². The maximum absolute atomic E-state index is 11.7. The number of piperidine rings is 1. The molecular formula is C16H22N2O4. The Morgan fingerprint density at radius 3 is 2.50 bits per heavy atom. The third-order valence-corrected chi connectivity index (χ3v) is 3.77. The van der Waals surface area contributed by atoms with E-state index in [0.29, 0.717) is 0 Å². The van der Waals surface area contributed by atoms with E-state index in [4.69, 9.17) is 4.74 Å². The van der Waals surface area contributed by atoms with Crippen LogP contribution < -0.4 is 5.32 Å². The predicted octanol–water partition coefficient (Wildman–Crippen LogP) is 1.85. The molecule has 22 heavy (non-hydrogen) atoms. The molecule has 1 heterocycles. The van der Waals surface area contributed by atoms with Crippen molar-refractivity contribution in [3.05, 3.63) is 35.9 Å². The normalized spacial score (nSPS) is 16.7. The SMILES string of the molecule is O=C(NCC(C(=O)O)N1CCCCC1)OCc1ccccc1. The van der Waals surface area contributed by atoms with Crippen molar-refractivity contribution in [2.24, 2.45) is 0 Å². The van der Waals surface area contributed by atoms with E-state index < -0.39 is 18.1 Å². The maximum Gasteiger partial charge on any atom is 0.407 e. The van der Waals surface area contributed by atoms with Gasteiger partial charge >= 0.3 is 12.1 Å². The van der Waals surface area contributed by atoms with E-state index in [-0.39, 0.29) is 13.2 Å². The molecule has 1 saturated heterocycles. The fourth-order valence-corrected chi connectivity index (χ4v) is 2.56. The molecule has 2 rings (SSSR count). The van der Waals surface area contributed by atoms with Crippen LogP contribution in [0.2, 0.25) is 0 Å². The third kappa shape index (κ3) is 5.04. The second-order valence-electron chi connectivity index (χ2n) is 5.39. The molecule has 1 fully saturated rings. The number of nitrogens with one attached hydrogen (secondary N) is 1. The molecule has 0 radical (unpaired) electrons. The summed E-state index contributed by atoms with van der Waals surface area (Å²) in [6.07, 6.45) is 2.55. The molecule has 1 unspecified atom stereocenters. The van der Waals surface area contributed by atoms with Gasteiger partial charge in [0.1, 0.15) is 12.6 Å². The monoisotopic (exact) mass is 306 g/mol. The lowest BCUT2D eigenvalue weighted by atomic mass is 10.1. The van der Waals surface area contributed by atoms with Crippen molar-refractivity contribution >= 4 is 12.1 Å². The highest BCUT2D eigenvalue weighted by molar-refractivity contribution is 5.75. The lowest BCUT2D eigenvalue weighted by Crippen LogP contribution is -2.50. The van der Waals surface area contributed by atoms with Gasteiger partial charge in [-0.3, -0.25) is 9.69 Å². The standard InChI is InChI=1S/C16H22N2O4/c19-15(20)14(18-9-5-2-6-10-18)11-17-16(21)22-12-13-7-3-1-4-8-13/h1,3-4,7-8,14H,2,5-6,9-12H2,(H,17,21)(H,19,20). The van der Waals surface area contributed by atoms with E-state index in [9.17, 15) is 14.7 Å². The van der Waals surface area contributed by atoms with E-state index in [1.165, 1.54) is 0 Å². The molecule has 1 aromatic carbocycles. The Hall–Kier alpha value is -2.08. The Kier molecular flexibility index (Phi) is 6.21. The summed E-state index contributed by atoms with van der Waals surface area (Å²) in [7, 11) is 0. The summed E-state index contributed by atoms with van der Waals surface area (Å²) < 4.78 is 5.08. The van der Waals surface area contributed by atoms with Crippen LogP contribution in [0.25, 0.3) is 0 Å². The zero-order chi connectivity index (χ0) is 15.8. The van der Waals surface area contributed by atoms with E-state index in [1.807, 2.05) is 35.2 Å². The summed E-state index contributed by atoms with van der Waals surface area (Å²) in [5.41, 5.74) is 0.892. The Labute approximate surface area is 130 Å². The zero-order valence-electron chi connectivity index (χ0n) is 12.5. The second kappa shape index (κ2) is 8.38. The number of hydrogen-bond acceptors (Lipinski definition) is 4. The van der Waals surface area contributed by atoms with Crippen LogP contribution in [0, 0.1) is 0 Å². The van der Waals surface area contributed by atoms with Crippen LogP contribution in [0.5, 0.6) is 0 Å². The molecule has 1 atom stereocenters. The summed E-state index contributed by atoms with van der Waals surface area (Å²) in [6.45, 7) is 1.76. The lowest BCUT2D eigenvalue weighted by molar-refractivity contribution is -0.143. The van der Waals surface area contributed by atoms with Crippen molar-refractivity contribution < 1.29 is 19.4 Å². The number of carbonyl (C=O) groups is 2. The first-order chi connectivity index (χ1) is 10.7. The van der Waals surface area contributed by atoms with Crippen molar-refractivity contribution in [2.45, 2.75) is 31.9 Å². The number of carboxylic acids is 1.